The van der Waals surface area contributed by atoms with Crippen molar-refractivity contribution in [2.24, 2.45) is 0 Å². The standard InChI is InChI=1S/C8H9NO4/c1-4-2-9-5(3-10)7(11)6(4)8(12)13/h2,10-11H,3H2,1H3,(H,12,13). The molecule has 0 spiro atoms. The average molecular weight is 183 g/mol. The van der Waals surface area contributed by atoms with Crippen LogP contribution in [0.3, 0.4) is 0 Å². The van der Waals surface area contributed by atoms with E-state index in [2.05, 4.69) is 4.98 Å². The molecule has 0 aliphatic rings. The first-order valence-electron chi connectivity index (χ1n) is 3.59. The van der Waals surface area contributed by atoms with E-state index in [1.165, 1.54) is 13.1 Å². The van der Waals surface area contributed by atoms with Gasteiger partial charge in [-0.2, -0.15) is 0 Å². The molecule has 0 aromatic carbocycles. The summed E-state index contributed by atoms with van der Waals surface area (Å²) in [5, 5.41) is 26.7. The fourth-order valence-corrected chi connectivity index (χ4v) is 1.02. The molecule has 0 amide bonds. The monoisotopic (exact) mass is 183 g/mol. The lowest BCUT2D eigenvalue weighted by Gasteiger charge is -2.06. The topological polar surface area (TPSA) is 90.7 Å². The van der Waals surface area contributed by atoms with Crippen LogP contribution in [0.4, 0.5) is 0 Å². The Labute approximate surface area is 74.3 Å². The van der Waals surface area contributed by atoms with Gasteiger partial charge in [0.2, 0.25) is 0 Å². The van der Waals surface area contributed by atoms with Gasteiger partial charge in [0.05, 0.1) is 6.61 Å². The number of aromatic carboxylic acids is 1. The Morgan fingerprint density at radius 2 is 2.23 bits per heavy atom. The minimum Gasteiger partial charge on any atom is -0.505 e. The second-order valence-electron chi connectivity index (χ2n) is 2.57. The highest BCUT2D eigenvalue weighted by molar-refractivity contribution is 5.92. The Morgan fingerprint density at radius 1 is 1.62 bits per heavy atom. The molecule has 0 fully saturated rings. The van der Waals surface area contributed by atoms with Crippen LogP contribution in [0.25, 0.3) is 0 Å². The maximum atomic E-state index is 10.6. The number of pyridine rings is 1. The Hall–Kier alpha value is -1.62. The second-order valence-corrected chi connectivity index (χ2v) is 2.57. The number of hydrogen-bond acceptors (Lipinski definition) is 4. The maximum Gasteiger partial charge on any atom is 0.339 e. The highest BCUT2D eigenvalue weighted by atomic mass is 16.4. The van der Waals surface area contributed by atoms with E-state index in [9.17, 15) is 9.90 Å². The van der Waals surface area contributed by atoms with Crippen molar-refractivity contribution in [1.82, 2.24) is 4.98 Å². The highest BCUT2D eigenvalue weighted by Crippen LogP contribution is 2.23. The van der Waals surface area contributed by atoms with Crippen LogP contribution in [-0.4, -0.2) is 26.3 Å². The van der Waals surface area contributed by atoms with Gasteiger partial charge in [0.25, 0.3) is 0 Å². The normalized spacial score (nSPS) is 10.0. The Morgan fingerprint density at radius 3 is 2.69 bits per heavy atom. The molecule has 1 aromatic heterocycles. The lowest BCUT2D eigenvalue weighted by atomic mass is 10.1. The summed E-state index contributed by atoms with van der Waals surface area (Å²) in [6.45, 7) is 1.05. The molecule has 0 bridgehead atoms. The molecule has 0 radical (unpaired) electrons. The van der Waals surface area contributed by atoms with Gasteiger partial charge in [-0.3, -0.25) is 4.98 Å². The summed E-state index contributed by atoms with van der Waals surface area (Å²) >= 11 is 0. The fourth-order valence-electron chi connectivity index (χ4n) is 1.02. The van der Waals surface area contributed by atoms with Crippen LogP contribution in [0.2, 0.25) is 0 Å². The van der Waals surface area contributed by atoms with E-state index in [0.29, 0.717) is 5.56 Å². The van der Waals surface area contributed by atoms with Crippen LogP contribution >= 0.6 is 0 Å². The van der Waals surface area contributed by atoms with E-state index < -0.39 is 18.3 Å². The number of carboxylic acids is 1. The minimum absolute atomic E-state index is 0.0250. The van der Waals surface area contributed by atoms with Gasteiger partial charge in [-0.25, -0.2) is 4.79 Å². The third-order valence-electron chi connectivity index (χ3n) is 1.68. The number of hydrogen-bond donors (Lipinski definition) is 3. The summed E-state index contributed by atoms with van der Waals surface area (Å²) in [6.07, 6.45) is 1.30. The summed E-state index contributed by atoms with van der Waals surface area (Å²) in [4.78, 5) is 14.3. The van der Waals surface area contributed by atoms with Crippen molar-refractivity contribution >= 4 is 5.97 Å². The largest absolute Gasteiger partial charge is 0.505 e. The van der Waals surface area contributed by atoms with Gasteiger partial charge >= 0.3 is 5.97 Å². The molecule has 0 aliphatic heterocycles. The molecule has 0 unspecified atom stereocenters. The Kier molecular flexibility index (Phi) is 2.48. The number of carboxylic acid groups (broad SMARTS) is 1. The number of aryl methyl sites for hydroxylation is 1. The van der Waals surface area contributed by atoms with E-state index >= 15 is 0 Å². The van der Waals surface area contributed by atoms with Gasteiger partial charge < -0.3 is 15.3 Å². The van der Waals surface area contributed by atoms with Crippen molar-refractivity contribution in [2.75, 3.05) is 0 Å². The summed E-state index contributed by atoms with van der Waals surface area (Å²) < 4.78 is 0. The van der Waals surface area contributed by atoms with Crippen LogP contribution in [0.1, 0.15) is 21.6 Å². The van der Waals surface area contributed by atoms with Crippen molar-refractivity contribution in [3.8, 4) is 5.75 Å². The summed E-state index contributed by atoms with van der Waals surface area (Å²) in [6, 6.07) is 0. The lowest BCUT2D eigenvalue weighted by molar-refractivity contribution is 0.0692. The predicted octanol–water partition coefficient (Wildman–Crippen LogP) is 0.286. The summed E-state index contributed by atoms with van der Waals surface area (Å²) in [7, 11) is 0. The Balaban J connectivity index is 3.38. The molecule has 70 valence electrons. The van der Waals surface area contributed by atoms with Gasteiger partial charge in [-0.1, -0.05) is 0 Å². The molecule has 0 aliphatic carbocycles. The summed E-state index contributed by atoms with van der Waals surface area (Å²) in [5.74, 6) is -1.69. The minimum atomic E-state index is -1.23. The Bertz CT molecular complexity index is 348. The van der Waals surface area contributed by atoms with E-state index in [1.54, 1.807) is 0 Å². The molecule has 0 atom stereocenters. The molecule has 1 rings (SSSR count). The SMILES string of the molecule is Cc1cnc(CO)c(O)c1C(=O)O. The third kappa shape index (κ3) is 1.59. The van der Waals surface area contributed by atoms with Crippen molar-refractivity contribution in [3.05, 3.63) is 23.0 Å². The number of aliphatic hydroxyl groups excluding tert-OH is 1. The first-order chi connectivity index (χ1) is 6.07. The van der Waals surface area contributed by atoms with Crippen LogP contribution in [-0.2, 0) is 6.61 Å². The number of aromatic nitrogens is 1. The van der Waals surface area contributed by atoms with Crippen LogP contribution in [0.5, 0.6) is 5.75 Å². The van der Waals surface area contributed by atoms with Gasteiger partial charge in [-0.15, -0.1) is 0 Å². The van der Waals surface area contributed by atoms with Gasteiger partial charge in [-0.05, 0) is 12.5 Å². The zero-order valence-corrected chi connectivity index (χ0v) is 6.98. The molecule has 13 heavy (non-hydrogen) atoms. The average Bonchev–Trinajstić information content (AvgIpc) is 2.04. The van der Waals surface area contributed by atoms with Crippen molar-refractivity contribution < 1.29 is 20.1 Å². The fraction of sp³-hybridized carbons (Fsp3) is 0.250. The van der Waals surface area contributed by atoms with Gasteiger partial charge in [0.1, 0.15) is 11.3 Å². The quantitative estimate of drug-likeness (QED) is 0.612. The molecule has 5 nitrogen and oxygen atoms in total. The number of rotatable bonds is 2. The molecule has 5 heteroatoms. The van der Waals surface area contributed by atoms with Crippen molar-refractivity contribution in [2.45, 2.75) is 13.5 Å². The predicted molar refractivity (Wildman–Crippen MR) is 43.5 cm³/mol. The van der Waals surface area contributed by atoms with Crippen molar-refractivity contribution in [3.63, 3.8) is 0 Å². The summed E-state index contributed by atoms with van der Waals surface area (Å²) in [5.41, 5.74) is 0.129. The third-order valence-corrected chi connectivity index (χ3v) is 1.68. The van der Waals surface area contributed by atoms with E-state index in [1.807, 2.05) is 0 Å². The number of aromatic hydroxyl groups is 1. The van der Waals surface area contributed by atoms with Crippen LogP contribution in [0.15, 0.2) is 6.20 Å². The van der Waals surface area contributed by atoms with Crippen molar-refractivity contribution in [1.29, 1.82) is 0 Å². The lowest BCUT2D eigenvalue weighted by Crippen LogP contribution is -2.04. The molecule has 0 saturated carbocycles. The highest BCUT2D eigenvalue weighted by Gasteiger charge is 2.16. The molecule has 3 N–H and O–H groups in total. The molecule has 1 aromatic rings. The molecular formula is C8H9NO4. The zero-order chi connectivity index (χ0) is 10.0. The van der Waals surface area contributed by atoms with Gasteiger partial charge in [0.15, 0.2) is 5.75 Å². The van der Waals surface area contributed by atoms with Crippen LogP contribution < -0.4 is 0 Å². The maximum absolute atomic E-state index is 10.6. The van der Waals surface area contributed by atoms with Crippen LogP contribution in [0, 0.1) is 6.92 Å². The van der Waals surface area contributed by atoms with E-state index in [4.69, 9.17) is 10.2 Å². The smallest absolute Gasteiger partial charge is 0.339 e. The second kappa shape index (κ2) is 3.40. The van der Waals surface area contributed by atoms with Gasteiger partial charge in [0, 0.05) is 6.20 Å². The molecular weight excluding hydrogens is 174 g/mol. The first-order valence-corrected chi connectivity index (χ1v) is 3.59. The molecule has 0 saturated heterocycles. The van der Waals surface area contributed by atoms with E-state index in [-0.39, 0.29) is 11.3 Å². The van der Waals surface area contributed by atoms with E-state index in [0.717, 1.165) is 0 Å². The number of nitrogens with zero attached hydrogens (tertiary/aromatic N) is 1. The molecule has 1 heterocycles. The number of aliphatic hydroxyl groups is 1. The zero-order valence-electron chi connectivity index (χ0n) is 6.98. The number of carbonyl (C=O) groups is 1. The first kappa shape index (κ1) is 9.47.